The third-order valence-corrected chi connectivity index (χ3v) is 2.13. The zero-order valence-corrected chi connectivity index (χ0v) is 9.36. The van der Waals surface area contributed by atoms with Crippen molar-refractivity contribution >= 4 is 5.97 Å². The van der Waals surface area contributed by atoms with E-state index in [1.165, 1.54) is 0 Å². The number of nitriles is 1. The van der Waals surface area contributed by atoms with Crippen LogP contribution in [0.1, 0.15) is 25.3 Å². The highest BCUT2D eigenvalue weighted by Crippen LogP contribution is 2.19. The summed E-state index contributed by atoms with van der Waals surface area (Å²) >= 11 is 0. The number of hydrogen-bond donors (Lipinski definition) is 0. The van der Waals surface area contributed by atoms with Crippen molar-refractivity contribution in [3.05, 3.63) is 42.0 Å². The summed E-state index contributed by atoms with van der Waals surface area (Å²) in [5.74, 6) is -0.145. The van der Waals surface area contributed by atoms with Gasteiger partial charge in [-0.15, -0.1) is 0 Å². The van der Waals surface area contributed by atoms with E-state index in [0.717, 1.165) is 5.56 Å². The molecule has 3 heteroatoms. The van der Waals surface area contributed by atoms with E-state index < -0.39 is 5.97 Å². The van der Waals surface area contributed by atoms with Crippen LogP contribution in [0.4, 0.5) is 0 Å². The Labute approximate surface area is 95.0 Å². The molecule has 1 rings (SSSR count). The summed E-state index contributed by atoms with van der Waals surface area (Å²) in [4.78, 5) is 11.2. The van der Waals surface area contributed by atoms with Crippen LogP contribution in [0.25, 0.3) is 0 Å². The van der Waals surface area contributed by atoms with Crippen molar-refractivity contribution in [2.75, 3.05) is 0 Å². The molecule has 82 valence electrons. The Balaban J connectivity index is 2.77. The van der Waals surface area contributed by atoms with Crippen molar-refractivity contribution in [3.8, 4) is 11.8 Å². The van der Waals surface area contributed by atoms with Gasteiger partial charge in [0.15, 0.2) is 0 Å². The Kier molecular flexibility index (Phi) is 3.84. The zero-order chi connectivity index (χ0) is 12.1. The van der Waals surface area contributed by atoms with Gasteiger partial charge in [-0.05, 0) is 31.5 Å². The molecule has 0 radical (unpaired) electrons. The predicted octanol–water partition coefficient (Wildman–Crippen LogP) is 2.80. The standard InChI is InChI=1S/C13H13NO2/c1-9(2)13(15)16-12-6-4-11(5-7-12)10(3)8-14/h4-7,10H,1H2,2-3H3. The summed E-state index contributed by atoms with van der Waals surface area (Å²) in [6, 6.07) is 9.02. The molecule has 0 bridgehead atoms. The second-order valence-electron chi connectivity index (χ2n) is 3.59. The van der Waals surface area contributed by atoms with Gasteiger partial charge in [-0.2, -0.15) is 5.26 Å². The highest BCUT2D eigenvalue weighted by atomic mass is 16.5. The first-order valence-electron chi connectivity index (χ1n) is 4.92. The maximum absolute atomic E-state index is 11.2. The summed E-state index contributed by atoms with van der Waals surface area (Å²) < 4.78 is 5.02. The largest absolute Gasteiger partial charge is 0.423 e. The number of carbonyl (C=O) groups is 1. The van der Waals surface area contributed by atoms with E-state index in [9.17, 15) is 4.79 Å². The van der Waals surface area contributed by atoms with Gasteiger partial charge in [-0.1, -0.05) is 18.7 Å². The number of benzene rings is 1. The highest BCUT2D eigenvalue weighted by Gasteiger charge is 2.07. The molecular weight excluding hydrogens is 202 g/mol. The Morgan fingerprint density at radius 3 is 2.44 bits per heavy atom. The third kappa shape index (κ3) is 2.96. The van der Waals surface area contributed by atoms with Crippen LogP contribution in [0, 0.1) is 11.3 Å². The molecule has 1 aromatic carbocycles. The predicted molar refractivity (Wildman–Crippen MR) is 60.9 cm³/mol. The van der Waals surface area contributed by atoms with Crippen LogP contribution in [0.15, 0.2) is 36.4 Å². The monoisotopic (exact) mass is 215 g/mol. The number of esters is 1. The summed E-state index contributed by atoms with van der Waals surface area (Å²) in [5.41, 5.74) is 1.26. The average Bonchev–Trinajstić information content (AvgIpc) is 2.28. The van der Waals surface area contributed by atoms with Crippen LogP contribution >= 0.6 is 0 Å². The number of carbonyl (C=O) groups excluding carboxylic acids is 1. The molecule has 0 spiro atoms. The van der Waals surface area contributed by atoms with Gasteiger partial charge in [0.05, 0.1) is 12.0 Å². The highest BCUT2D eigenvalue weighted by molar-refractivity contribution is 5.88. The van der Waals surface area contributed by atoms with Gasteiger partial charge in [-0.3, -0.25) is 0 Å². The van der Waals surface area contributed by atoms with Crippen LogP contribution in [-0.4, -0.2) is 5.97 Å². The van der Waals surface area contributed by atoms with Gasteiger partial charge in [-0.25, -0.2) is 4.79 Å². The van der Waals surface area contributed by atoms with Crippen LogP contribution in [-0.2, 0) is 4.79 Å². The first-order chi connectivity index (χ1) is 7.54. The maximum Gasteiger partial charge on any atom is 0.338 e. The molecule has 16 heavy (non-hydrogen) atoms. The minimum absolute atomic E-state index is 0.161. The molecule has 0 amide bonds. The van der Waals surface area contributed by atoms with Crippen LogP contribution < -0.4 is 4.74 Å². The topological polar surface area (TPSA) is 50.1 Å². The molecule has 0 aliphatic rings. The summed E-state index contributed by atoms with van der Waals surface area (Å²) in [6.07, 6.45) is 0. The first-order valence-corrected chi connectivity index (χ1v) is 4.92. The van der Waals surface area contributed by atoms with E-state index in [-0.39, 0.29) is 5.92 Å². The second-order valence-corrected chi connectivity index (χ2v) is 3.59. The van der Waals surface area contributed by atoms with E-state index in [1.54, 1.807) is 31.2 Å². The van der Waals surface area contributed by atoms with Gasteiger partial charge in [0.25, 0.3) is 0 Å². The summed E-state index contributed by atoms with van der Waals surface area (Å²) in [6.45, 7) is 6.90. The van der Waals surface area contributed by atoms with Gasteiger partial charge < -0.3 is 4.74 Å². The van der Waals surface area contributed by atoms with Crippen molar-refractivity contribution in [1.29, 1.82) is 5.26 Å². The molecule has 0 aliphatic carbocycles. The van der Waals surface area contributed by atoms with Crippen LogP contribution in [0.3, 0.4) is 0 Å². The smallest absolute Gasteiger partial charge is 0.338 e. The molecule has 1 atom stereocenters. The molecule has 0 N–H and O–H groups in total. The van der Waals surface area contributed by atoms with Crippen molar-refractivity contribution < 1.29 is 9.53 Å². The van der Waals surface area contributed by atoms with Crippen molar-refractivity contribution in [3.63, 3.8) is 0 Å². The van der Waals surface area contributed by atoms with Gasteiger partial charge >= 0.3 is 5.97 Å². The summed E-state index contributed by atoms with van der Waals surface area (Å²) in [5, 5.41) is 8.73. The SMILES string of the molecule is C=C(C)C(=O)Oc1ccc(C(C)C#N)cc1. The van der Waals surface area contributed by atoms with Gasteiger partial charge in [0.1, 0.15) is 5.75 Å². The maximum atomic E-state index is 11.2. The lowest BCUT2D eigenvalue weighted by atomic mass is 10.0. The first kappa shape index (κ1) is 12.0. The number of nitrogens with zero attached hydrogens (tertiary/aromatic N) is 1. The Morgan fingerprint density at radius 2 is 2.00 bits per heavy atom. The van der Waals surface area contributed by atoms with Crippen LogP contribution in [0.5, 0.6) is 5.75 Å². The fourth-order valence-electron chi connectivity index (χ4n) is 1.09. The average molecular weight is 215 g/mol. The van der Waals surface area contributed by atoms with Gasteiger partial charge in [0, 0.05) is 5.57 Å². The van der Waals surface area contributed by atoms with E-state index in [1.807, 2.05) is 6.92 Å². The fraction of sp³-hybridized carbons (Fsp3) is 0.231. The normalized spacial score (nSPS) is 11.3. The lowest BCUT2D eigenvalue weighted by Crippen LogP contribution is -2.08. The molecule has 1 aromatic rings. The Bertz CT molecular complexity index is 440. The van der Waals surface area contributed by atoms with Crippen molar-refractivity contribution in [2.45, 2.75) is 19.8 Å². The minimum Gasteiger partial charge on any atom is -0.423 e. The quantitative estimate of drug-likeness (QED) is 0.442. The molecule has 1 unspecified atom stereocenters. The number of rotatable bonds is 3. The zero-order valence-electron chi connectivity index (χ0n) is 9.36. The van der Waals surface area contributed by atoms with Crippen molar-refractivity contribution in [1.82, 2.24) is 0 Å². The summed E-state index contributed by atoms with van der Waals surface area (Å²) in [7, 11) is 0. The fourth-order valence-corrected chi connectivity index (χ4v) is 1.09. The van der Waals surface area contributed by atoms with E-state index in [2.05, 4.69) is 12.6 Å². The molecule has 0 fully saturated rings. The van der Waals surface area contributed by atoms with E-state index >= 15 is 0 Å². The number of ether oxygens (including phenoxy) is 1. The molecule has 0 aliphatic heterocycles. The van der Waals surface area contributed by atoms with E-state index in [0.29, 0.717) is 11.3 Å². The Morgan fingerprint density at radius 1 is 1.44 bits per heavy atom. The molecule has 3 nitrogen and oxygen atoms in total. The van der Waals surface area contributed by atoms with Gasteiger partial charge in [0.2, 0.25) is 0 Å². The minimum atomic E-state index is -0.443. The lowest BCUT2D eigenvalue weighted by molar-refractivity contribution is -0.130. The second kappa shape index (κ2) is 5.13. The lowest BCUT2D eigenvalue weighted by Gasteiger charge is -2.06. The third-order valence-electron chi connectivity index (χ3n) is 2.13. The molecule has 0 saturated heterocycles. The van der Waals surface area contributed by atoms with E-state index in [4.69, 9.17) is 10.00 Å². The van der Waals surface area contributed by atoms with Crippen LogP contribution in [0.2, 0.25) is 0 Å². The number of hydrogen-bond acceptors (Lipinski definition) is 3. The molecule has 0 saturated carbocycles. The Hall–Kier alpha value is -2.08. The van der Waals surface area contributed by atoms with Crippen molar-refractivity contribution in [2.24, 2.45) is 0 Å². The molecular formula is C13H13NO2. The molecule has 0 aromatic heterocycles. The molecule has 0 heterocycles.